The Labute approximate surface area is 143 Å². The van der Waals surface area contributed by atoms with Crippen molar-refractivity contribution in [2.75, 3.05) is 6.61 Å². The summed E-state index contributed by atoms with van der Waals surface area (Å²) in [5, 5.41) is 23.6. The number of rotatable bonds is 3. The molecule has 1 atom stereocenters. The minimum atomic E-state index is -0.101. The predicted octanol–water partition coefficient (Wildman–Crippen LogP) is 3.53. The molecule has 1 fully saturated rings. The van der Waals surface area contributed by atoms with E-state index in [0.717, 1.165) is 30.2 Å². The second-order valence-corrected chi connectivity index (χ2v) is 6.05. The van der Waals surface area contributed by atoms with Crippen LogP contribution in [-0.4, -0.2) is 32.8 Å². The molecule has 0 spiro atoms. The van der Waals surface area contributed by atoms with E-state index in [-0.39, 0.29) is 11.9 Å². The number of H-pyrrole nitrogens is 1. The molecule has 4 rings (SSSR count). The first-order valence-electron chi connectivity index (χ1n) is 7.78. The van der Waals surface area contributed by atoms with Crippen LogP contribution in [0.15, 0.2) is 41.5 Å². The van der Waals surface area contributed by atoms with Crippen LogP contribution in [0.4, 0.5) is 0 Å². The quantitative estimate of drug-likeness (QED) is 0.565. The molecule has 1 aliphatic heterocycles. The second kappa shape index (κ2) is 6.18. The summed E-state index contributed by atoms with van der Waals surface area (Å²) in [6.07, 6.45) is 3.41. The lowest BCUT2D eigenvalue weighted by molar-refractivity contribution is 0.102. The number of ether oxygens (including phenoxy) is 1. The van der Waals surface area contributed by atoms with Gasteiger partial charge in [-0.3, -0.25) is 5.10 Å². The van der Waals surface area contributed by atoms with Gasteiger partial charge in [0, 0.05) is 12.2 Å². The average Bonchev–Trinajstić information content (AvgIpc) is 3.24. The van der Waals surface area contributed by atoms with E-state index >= 15 is 0 Å². The van der Waals surface area contributed by atoms with Gasteiger partial charge in [-0.1, -0.05) is 30.3 Å². The summed E-state index contributed by atoms with van der Waals surface area (Å²) in [5.41, 5.74) is 0.648. The van der Waals surface area contributed by atoms with E-state index in [1.54, 1.807) is 17.0 Å². The highest BCUT2D eigenvalue weighted by Crippen LogP contribution is 2.28. The van der Waals surface area contributed by atoms with Gasteiger partial charge in [-0.05, 0) is 41.9 Å². The van der Waals surface area contributed by atoms with Crippen LogP contribution in [0.5, 0.6) is 5.75 Å². The SMILES string of the molecule is Oc1ccc2ccccc2c1/C=N/n1c([C@@H]2CCCO2)n[nH]c1=S. The molecule has 0 aliphatic carbocycles. The van der Waals surface area contributed by atoms with E-state index in [1.165, 1.54) is 0 Å². The molecule has 1 aliphatic rings. The van der Waals surface area contributed by atoms with Crippen LogP contribution in [0.25, 0.3) is 10.8 Å². The van der Waals surface area contributed by atoms with Crippen molar-refractivity contribution in [3.8, 4) is 5.75 Å². The fraction of sp³-hybridized carbons (Fsp3) is 0.235. The van der Waals surface area contributed by atoms with Crippen LogP contribution in [-0.2, 0) is 4.74 Å². The smallest absolute Gasteiger partial charge is 0.216 e. The van der Waals surface area contributed by atoms with E-state index in [0.29, 0.717) is 16.2 Å². The zero-order chi connectivity index (χ0) is 16.5. The van der Waals surface area contributed by atoms with Crippen molar-refractivity contribution in [1.29, 1.82) is 0 Å². The van der Waals surface area contributed by atoms with Gasteiger partial charge in [-0.2, -0.15) is 14.9 Å². The van der Waals surface area contributed by atoms with Crippen molar-refractivity contribution < 1.29 is 9.84 Å². The Morgan fingerprint density at radius 1 is 1.33 bits per heavy atom. The molecule has 2 N–H and O–H groups in total. The van der Waals surface area contributed by atoms with Gasteiger partial charge in [0.1, 0.15) is 11.9 Å². The summed E-state index contributed by atoms with van der Waals surface area (Å²) in [4.78, 5) is 0. The maximum Gasteiger partial charge on any atom is 0.216 e. The zero-order valence-electron chi connectivity index (χ0n) is 12.8. The largest absolute Gasteiger partial charge is 0.507 e. The molecule has 1 saturated heterocycles. The molecule has 0 saturated carbocycles. The van der Waals surface area contributed by atoms with Crippen molar-refractivity contribution in [2.24, 2.45) is 5.10 Å². The van der Waals surface area contributed by atoms with Gasteiger partial charge >= 0.3 is 0 Å². The highest BCUT2D eigenvalue weighted by molar-refractivity contribution is 7.71. The van der Waals surface area contributed by atoms with Gasteiger partial charge in [0.2, 0.25) is 4.77 Å². The van der Waals surface area contributed by atoms with Gasteiger partial charge in [0.15, 0.2) is 5.82 Å². The number of phenols is 1. The van der Waals surface area contributed by atoms with Crippen LogP contribution >= 0.6 is 12.2 Å². The number of fused-ring (bicyclic) bond motifs is 1. The first-order chi connectivity index (χ1) is 11.7. The van der Waals surface area contributed by atoms with Crippen LogP contribution in [0.1, 0.15) is 30.3 Å². The Morgan fingerprint density at radius 2 is 2.21 bits per heavy atom. The van der Waals surface area contributed by atoms with E-state index in [4.69, 9.17) is 17.0 Å². The number of aromatic amines is 1. The Kier molecular flexibility index (Phi) is 3.87. The molecule has 0 unspecified atom stereocenters. The third-order valence-corrected chi connectivity index (χ3v) is 4.41. The first kappa shape index (κ1) is 15.0. The third kappa shape index (κ3) is 2.61. The normalized spacial score (nSPS) is 17.9. The summed E-state index contributed by atoms with van der Waals surface area (Å²) in [5.74, 6) is 0.833. The second-order valence-electron chi connectivity index (χ2n) is 5.66. The predicted molar refractivity (Wildman–Crippen MR) is 93.9 cm³/mol. The lowest BCUT2D eigenvalue weighted by atomic mass is 10.0. The molecule has 2 aromatic carbocycles. The van der Waals surface area contributed by atoms with E-state index < -0.39 is 0 Å². The Bertz CT molecular complexity index is 970. The summed E-state index contributed by atoms with van der Waals surface area (Å²) in [6.45, 7) is 0.720. The maximum absolute atomic E-state index is 10.2. The molecule has 0 amide bonds. The molecule has 24 heavy (non-hydrogen) atoms. The Hall–Kier alpha value is -2.51. The molecular weight excluding hydrogens is 324 g/mol. The highest BCUT2D eigenvalue weighted by atomic mass is 32.1. The molecule has 6 nitrogen and oxygen atoms in total. The van der Waals surface area contributed by atoms with E-state index in [1.807, 2.05) is 30.3 Å². The number of benzene rings is 2. The fourth-order valence-electron chi connectivity index (χ4n) is 2.94. The number of aromatic nitrogens is 3. The fourth-order valence-corrected chi connectivity index (χ4v) is 3.13. The Morgan fingerprint density at radius 3 is 3.04 bits per heavy atom. The van der Waals surface area contributed by atoms with Crippen molar-refractivity contribution in [3.05, 3.63) is 52.6 Å². The Balaban J connectivity index is 1.78. The van der Waals surface area contributed by atoms with E-state index in [2.05, 4.69) is 15.3 Å². The minimum Gasteiger partial charge on any atom is -0.507 e. The lowest BCUT2D eigenvalue weighted by Gasteiger charge is -2.08. The lowest BCUT2D eigenvalue weighted by Crippen LogP contribution is -2.05. The van der Waals surface area contributed by atoms with Gasteiger partial charge < -0.3 is 9.84 Å². The number of hydrogen-bond donors (Lipinski definition) is 2. The molecular formula is C17H16N4O2S. The number of nitrogens with zero attached hydrogens (tertiary/aromatic N) is 3. The summed E-state index contributed by atoms with van der Waals surface area (Å²) < 4.78 is 7.63. The molecule has 2 heterocycles. The molecule has 1 aromatic heterocycles. The number of phenolic OH excluding ortho intramolecular Hbond substituents is 1. The van der Waals surface area contributed by atoms with Crippen LogP contribution in [0.3, 0.4) is 0 Å². The van der Waals surface area contributed by atoms with Crippen molar-refractivity contribution in [3.63, 3.8) is 0 Å². The molecule has 3 aromatic rings. The zero-order valence-corrected chi connectivity index (χ0v) is 13.7. The van der Waals surface area contributed by atoms with Crippen LogP contribution in [0.2, 0.25) is 0 Å². The minimum absolute atomic E-state index is 0.101. The standard InChI is InChI=1S/C17H16N4O2S/c22-14-8-7-11-4-1-2-5-12(11)13(14)10-18-21-16(19-20-17(21)24)15-6-3-9-23-15/h1-2,4-5,7-8,10,15,22H,3,6,9H2,(H,20,24)/b18-10+/t15-/m0/s1. The van der Waals surface area contributed by atoms with Crippen molar-refractivity contribution >= 4 is 29.2 Å². The molecule has 122 valence electrons. The maximum atomic E-state index is 10.2. The van der Waals surface area contributed by atoms with Gasteiger partial charge in [-0.25, -0.2) is 0 Å². The van der Waals surface area contributed by atoms with Gasteiger partial charge in [-0.15, -0.1) is 0 Å². The van der Waals surface area contributed by atoms with Gasteiger partial charge in [0.25, 0.3) is 0 Å². The summed E-state index contributed by atoms with van der Waals surface area (Å²) >= 11 is 5.27. The van der Waals surface area contributed by atoms with Crippen molar-refractivity contribution in [1.82, 2.24) is 14.9 Å². The third-order valence-electron chi connectivity index (χ3n) is 4.14. The number of hydrogen-bond acceptors (Lipinski definition) is 5. The number of nitrogens with one attached hydrogen (secondary N) is 1. The average molecular weight is 340 g/mol. The molecule has 0 bridgehead atoms. The summed E-state index contributed by atoms with van der Waals surface area (Å²) in [7, 11) is 0. The highest BCUT2D eigenvalue weighted by Gasteiger charge is 2.23. The molecule has 7 heteroatoms. The van der Waals surface area contributed by atoms with Crippen molar-refractivity contribution in [2.45, 2.75) is 18.9 Å². The van der Waals surface area contributed by atoms with Crippen LogP contribution in [0, 0.1) is 4.77 Å². The number of aromatic hydroxyl groups is 1. The monoisotopic (exact) mass is 340 g/mol. The van der Waals surface area contributed by atoms with E-state index in [9.17, 15) is 5.11 Å². The van der Waals surface area contributed by atoms with Crippen LogP contribution < -0.4 is 0 Å². The molecule has 0 radical (unpaired) electrons. The first-order valence-corrected chi connectivity index (χ1v) is 8.19. The summed E-state index contributed by atoms with van der Waals surface area (Å²) in [6, 6.07) is 11.4. The van der Waals surface area contributed by atoms with Gasteiger partial charge in [0.05, 0.1) is 6.21 Å². The topological polar surface area (TPSA) is 75.4 Å².